The van der Waals surface area contributed by atoms with Crippen molar-refractivity contribution < 1.29 is 27.5 Å². The van der Waals surface area contributed by atoms with Gasteiger partial charge < -0.3 is 9.52 Å². The molecule has 3 aromatic rings. The number of alkyl halides is 3. The molecule has 2 atom stereocenters. The maximum absolute atomic E-state index is 13.7. The summed E-state index contributed by atoms with van der Waals surface area (Å²) in [7, 11) is 0. The number of rotatable bonds is 6. The van der Waals surface area contributed by atoms with Crippen molar-refractivity contribution in [1.82, 2.24) is 5.32 Å². The van der Waals surface area contributed by atoms with Crippen LogP contribution in [0.25, 0.3) is 21.9 Å². The van der Waals surface area contributed by atoms with Gasteiger partial charge in [0.2, 0.25) is 0 Å². The fraction of sp³-hybridized carbons (Fsp3) is 0.350. The lowest BCUT2D eigenvalue weighted by Crippen LogP contribution is -2.45. The zero-order valence-electron chi connectivity index (χ0n) is 14.9. The van der Waals surface area contributed by atoms with Crippen LogP contribution in [0.1, 0.15) is 31.9 Å². The van der Waals surface area contributed by atoms with Crippen LogP contribution >= 0.6 is 0 Å². The predicted molar refractivity (Wildman–Crippen MR) is 96.5 cm³/mol. The molecule has 0 fully saturated rings. The number of benzene rings is 2. The molecule has 1 heterocycles. The number of para-hydroxylation sites is 1. The van der Waals surface area contributed by atoms with Gasteiger partial charge in [-0.15, -0.1) is 0 Å². The molecule has 4 nitrogen and oxygen atoms in total. The van der Waals surface area contributed by atoms with E-state index in [1.54, 1.807) is 32.0 Å². The van der Waals surface area contributed by atoms with Gasteiger partial charge in [0.05, 0.1) is 0 Å². The molecule has 7 heteroatoms. The van der Waals surface area contributed by atoms with Gasteiger partial charge in [-0.3, -0.25) is 10.1 Å². The molecule has 0 aliphatic heterocycles. The van der Waals surface area contributed by atoms with Gasteiger partial charge >= 0.3 is 12.1 Å². The Morgan fingerprint density at radius 2 is 1.78 bits per heavy atom. The van der Waals surface area contributed by atoms with Gasteiger partial charge in [-0.2, -0.15) is 13.2 Å². The number of halogens is 3. The number of carbonyl (C=O) groups is 1. The van der Waals surface area contributed by atoms with E-state index in [0.717, 1.165) is 5.39 Å². The predicted octanol–water partition coefficient (Wildman–Crippen LogP) is 5.28. The van der Waals surface area contributed by atoms with Crippen LogP contribution in [0.3, 0.4) is 0 Å². The second kappa shape index (κ2) is 7.23. The van der Waals surface area contributed by atoms with Crippen LogP contribution in [0.5, 0.6) is 0 Å². The smallest absolute Gasteiger partial charge is 0.407 e. The van der Waals surface area contributed by atoms with Crippen LogP contribution in [0.2, 0.25) is 0 Å². The van der Waals surface area contributed by atoms with Crippen molar-refractivity contribution in [2.45, 2.75) is 38.5 Å². The third-order valence-electron chi connectivity index (χ3n) is 4.44. The number of hydrogen-bond acceptors (Lipinski definition) is 3. The monoisotopic (exact) mass is 379 g/mol. The number of hydrogen-bond donors (Lipinski definition) is 2. The Balaban J connectivity index is 2.02. The van der Waals surface area contributed by atoms with Crippen molar-refractivity contribution in [2.24, 2.45) is 5.92 Å². The fourth-order valence-electron chi connectivity index (χ4n) is 3.21. The van der Waals surface area contributed by atoms with Crippen LogP contribution in [0, 0.1) is 5.92 Å². The molecule has 1 unspecified atom stereocenters. The van der Waals surface area contributed by atoms with E-state index >= 15 is 0 Å². The Morgan fingerprint density at radius 3 is 2.41 bits per heavy atom. The average Bonchev–Trinajstić information content (AvgIpc) is 2.94. The lowest BCUT2D eigenvalue weighted by Gasteiger charge is -2.26. The van der Waals surface area contributed by atoms with E-state index < -0.39 is 24.2 Å². The second-order valence-corrected chi connectivity index (χ2v) is 7.02. The number of nitrogens with one attached hydrogen (secondary N) is 1. The van der Waals surface area contributed by atoms with E-state index in [0.29, 0.717) is 16.6 Å². The van der Waals surface area contributed by atoms with Crippen molar-refractivity contribution in [3.05, 3.63) is 48.0 Å². The minimum atomic E-state index is -4.65. The standard InChI is InChI=1S/C20H20F3NO3/c1-11(2)9-15(19(25)26)24-18(20(21,22)23)12-7-8-14-13-5-3-4-6-16(13)27-17(14)10-12/h3-8,10-11,15,18,24H,9H2,1-2H3,(H,25,26)/t15-,18?/m0/s1. The maximum Gasteiger partial charge on any atom is 0.407 e. The van der Waals surface area contributed by atoms with E-state index in [-0.39, 0.29) is 17.9 Å². The molecule has 1 aromatic heterocycles. The molecule has 0 amide bonds. The summed E-state index contributed by atoms with van der Waals surface area (Å²) in [5.74, 6) is -1.37. The van der Waals surface area contributed by atoms with Crippen LogP contribution < -0.4 is 5.32 Å². The lowest BCUT2D eigenvalue weighted by atomic mass is 9.99. The van der Waals surface area contributed by atoms with Gasteiger partial charge in [0.25, 0.3) is 0 Å². The third-order valence-corrected chi connectivity index (χ3v) is 4.44. The highest BCUT2D eigenvalue weighted by Crippen LogP contribution is 2.37. The molecular formula is C20H20F3NO3. The summed E-state index contributed by atoms with van der Waals surface area (Å²) in [5, 5.41) is 13.1. The second-order valence-electron chi connectivity index (χ2n) is 7.02. The summed E-state index contributed by atoms with van der Waals surface area (Å²) in [6.07, 6.45) is -4.56. The first kappa shape index (κ1) is 19.2. The fourth-order valence-corrected chi connectivity index (χ4v) is 3.21. The number of carboxylic acid groups (broad SMARTS) is 1. The highest BCUT2D eigenvalue weighted by molar-refractivity contribution is 6.04. The zero-order valence-corrected chi connectivity index (χ0v) is 14.9. The summed E-state index contributed by atoms with van der Waals surface area (Å²) < 4.78 is 46.7. The third kappa shape index (κ3) is 4.08. The SMILES string of the molecule is CC(C)C[C@H](NC(c1ccc2c(c1)oc1ccccc12)C(F)(F)F)C(=O)O. The Hall–Kier alpha value is -2.54. The van der Waals surface area contributed by atoms with Crippen molar-refractivity contribution in [3.63, 3.8) is 0 Å². The van der Waals surface area contributed by atoms with Crippen LogP contribution in [0.15, 0.2) is 46.9 Å². The number of furan rings is 1. The van der Waals surface area contributed by atoms with Crippen molar-refractivity contribution >= 4 is 27.9 Å². The van der Waals surface area contributed by atoms with Gasteiger partial charge in [-0.1, -0.05) is 44.2 Å². The molecule has 3 rings (SSSR count). The Kier molecular flexibility index (Phi) is 5.15. The zero-order chi connectivity index (χ0) is 19.8. The van der Waals surface area contributed by atoms with Crippen LogP contribution in [0.4, 0.5) is 13.2 Å². The van der Waals surface area contributed by atoms with Crippen molar-refractivity contribution in [3.8, 4) is 0 Å². The normalized spacial score (nSPS) is 14.7. The highest BCUT2D eigenvalue weighted by Gasteiger charge is 2.43. The molecule has 0 spiro atoms. The molecule has 27 heavy (non-hydrogen) atoms. The Bertz CT molecular complexity index is 962. The number of aliphatic carboxylic acids is 1. The van der Waals surface area contributed by atoms with Gasteiger partial charge in [-0.25, -0.2) is 0 Å². The summed E-state index contributed by atoms with van der Waals surface area (Å²) in [6, 6.07) is 8.07. The number of fused-ring (bicyclic) bond motifs is 3. The summed E-state index contributed by atoms with van der Waals surface area (Å²) in [5.41, 5.74) is 0.842. The van der Waals surface area contributed by atoms with Gasteiger partial charge in [0.15, 0.2) is 0 Å². The summed E-state index contributed by atoms with van der Waals surface area (Å²) in [4.78, 5) is 11.4. The first-order valence-corrected chi connectivity index (χ1v) is 8.63. The molecule has 0 aliphatic carbocycles. The van der Waals surface area contributed by atoms with Crippen molar-refractivity contribution in [1.29, 1.82) is 0 Å². The minimum Gasteiger partial charge on any atom is -0.480 e. The molecule has 0 saturated carbocycles. The summed E-state index contributed by atoms with van der Waals surface area (Å²) >= 11 is 0. The first-order valence-electron chi connectivity index (χ1n) is 8.63. The Labute approximate surface area is 154 Å². The quantitative estimate of drug-likeness (QED) is 0.612. The molecular weight excluding hydrogens is 359 g/mol. The van der Waals surface area contributed by atoms with Crippen LogP contribution in [-0.2, 0) is 4.79 Å². The molecule has 0 aliphatic rings. The van der Waals surface area contributed by atoms with Crippen molar-refractivity contribution in [2.75, 3.05) is 0 Å². The lowest BCUT2D eigenvalue weighted by molar-refractivity contribution is -0.163. The van der Waals surface area contributed by atoms with Gasteiger partial charge in [0, 0.05) is 10.8 Å². The first-order chi connectivity index (χ1) is 12.7. The van der Waals surface area contributed by atoms with Gasteiger partial charge in [0.1, 0.15) is 23.2 Å². The highest BCUT2D eigenvalue weighted by atomic mass is 19.4. The van der Waals surface area contributed by atoms with Crippen LogP contribution in [-0.4, -0.2) is 23.3 Å². The Morgan fingerprint density at radius 1 is 1.11 bits per heavy atom. The minimum absolute atomic E-state index is 0.0645. The maximum atomic E-state index is 13.7. The molecule has 2 N–H and O–H groups in total. The molecule has 0 bridgehead atoms. The average molecular weight is 379 g/mol. The number of carboxylic acids is 1. The largest absolute Gasteiger partial charge is 0.480 e. The molecule has 0 saturated heterocycles. The van der Waals surface area contributed by atoms with Gasteiger partial charge in [-0.05, 0) is 30.0 Å². The van der Waals surface area contributed by atoms with E-state index in [2.05, 4.69) is 5.32 Å². The summed E-state index contributed by atoms with van der Waals surface area (Å²) in [6.45, 7) is 3.53. The van der Waals surface area contributed by atoms with E-state index in [4.69, 9.17) is 4.42 Å². The van der Waals surface area contributed by atoms with E-state index in [1.165, 1.54) is 12.1 Å². The van der Waals surface area contributed by atoms with E-state index in [9.17, 15) is 23.1 Å². The topological polar surface area (TPSA) is 62.5 Å². The van der Waals surface area contributed by atoms with E-state index in [1.807, 2.05) is 12.1 Å². The molecule has 2 aromatic carbocycles. The molecule has 144 valence electrons. The molecule has 0 radical (unpaired) electrons.